The molecule has 513 valence electrons. The Kier molecular flexibility index (Phi) is 40.6. The van der Waals surface area contributed by atoms with Gasteiger partial charge in [-0.15, -0.1) is 6.42 Å². The van der Waals surface area contributed by atoms with Gasteiger partial charge in [0.15, 0.2) is 0 Å². The first-order valence-corrected chi connectivity index (χ1v) is 30.9. The zero-order valence-electron chi connectivity index (χ0n) is 59.0. The van der Waals surface area contributed by atoms with Gasteiger partial charge in [-0.05, 0) is 94.4 Å². The van der Waals surface area contributed by atoms with Crippen molar-refractivity contribution in [3.05, 3.63) is 20.3 Å². The van der Waals surface area contributed by atoms with Crippen molar-refractivity contribution in [2.45, 2.75) is 235 Å². The van der Waals surface area contributed by atoms with E-state index in [1.54, 1.807) is 55.4 Å². The summed E-state index contributed by atoms with van der Waals surface area (Å²) in [4.78, 5) is 181. The molecule has 1 fully saturated rings. The van der Waals surface area contributed by atoms with Crippen LogP contribution in [0.4, 0.5) is 0 Å². The molecule has 0 bridgehead atoms. The summed E-state index contributed by atoms with van der Waals surface area (Å²) in [7, 11) is 9.64. The zero-order valence-corrected chi connectivity index (χ0v) is 64.8. The van der Waals surface area contributed by atoms with Crippen molar-refractivity contribution >= 4 is 70.8 Å². The van der Waals surface area contributed by atoms with E-state index >= 15 is 9.59 Å². The maximum atomic E-state index is 15.2. The number of nitrogens with zero attached hydrogens (tertiary/aromatic N) is 7. The van der Waals surface area contributed by atoms with Gasteiger partial charge >= 0.3 is 21.1 Å². The van der Waals surface area contributed by atoms with Crippen LogP contribution in [-0.4, -0.2) is 232 Å². The smallest absolute Gasteiger partial charge is 0.390 e. The van der Waals surface area contributed by atoms with E-state index in [-0.39, 0.29) is 130 Å². The van der Waals surface area contributed by atoms with Gasteiger partial charge in [0.2, 0.25) is 65.0 Å². The zero-order chi connectivity index (χ0) is 67.7. The van der Waals surface area contributed by atoms with Crippen molar-refractivity contribution in [3.8, 4) is 0 Å². The molecule has 0 saturated carbocycles. The Labute approximate surface area is 579 Å². The Morgan fingerprint density at radius 2 is 0.922 bits per heavy atom. The maximum Gasteiger partial charge on any atom is 2.00 e. The van der Waals surface area contributed by atoms with Gasteiger partial charge in [0.05, 0.1) is 12.1 Å². The van der Waals surface area contributed by atoms with E-state index in [0.29, 0.717) is 0 Å². The first-order valence-electron chi connectivity index (χ1n) is 30.9. The van der Waals surface area contributed by atoms with Crippen LogP contribution >= 0.6 is 0 Å². The van der Waals surface area contributed by atoms with Crippen molar-refractivity contribution < 1.29 is 116 Å². The minimum Gasteiger partial charge on any atom is -0.390 e. The first kappa shape index (κ1) is 89.8. The Morgan fingerprint density at radius 3 is 1.36 bits per heavy atom. The summed E-state index contributed by atoms with van der Waals surface area (Å²) in [6.45, 7) is 32.9. The van der Waals surface area contributed by atoms with Gasteiger partial charge in [-0.3, -0.25) is 52.7 Å². The van der Waals surface area contributed by atoms with Crippen molar-refractivity contribution in [2.75, 3.05) is 49.3 Å². The Balaban J connectivity index is -0.0000252. The number of carbonyl (C=O) groups is 12. The average molecular weight is 1520 g/mol. The molecular weight excluding hydrogens is 1400 g/mol. The van der Waals surface area contributed by atoms with Crippen LogP contribution in [0.5, 0.6) is 0 Å². The average Bonchev–Trinajstić information content (AvgIpc) is 3.59. The second kappa shape index (κ2) is 40.6. The Hall–Kier alpha value is -4.41. The first-order chi connectivity index (χ1) is 40.0. The number of rotatable bonds is 16. The third kappa shape index (κ3) is 25.1. The summed E-state index contributed by atoms with van der Waals surface area (Å²) in [6.07, 6.45) is -1.12. The van der Waals surface area contributed by atoms with Crippen molar-refractivity contribution in [1.82, 2.24) is 55.6 Å². The predicted molar refractivity (Wildman–Crippen MR) is 339 cm³/mol. The van der Waals surface area contributed by atoms with Crippen molar-refractivity contribution in [2.24, 2.45) is 35.5 Å². The molecule has 11 amide bonds. The van der Waals surface area contributed by atoms with Crippen LogP contribution in [0, 0.1) is 55.8 Å². The minimum atomic E-state index is -1.72. The molecule has 0 aromatic carbocycles. The van der Waals surface area contributed by atoms with Crippen LogP contribution in [-0.2, 0) is 111 Å². The van der Waals surface area contributed by atoms with Gasteiger partial charge in [-0.2, -0.15) is 13.8 Å². The quantitative estimate of drug-likeness (QED) is 0.139. The molecule has 0 aliphatic carbocycles. The number of aliphatic hydroxyl groups is 1. The number of hydrogen-bond donors (Lipinski definition) is 5. The SMILES string of the molecule is [CH2-][C@@H]1C(=O)N(C)[C@@H](C[C-](C)C)C(=O)N[C@@H](C(C)C)C(=O)N(C)[C@@H](CC(C)C)C(=O)N[C@@H](C)C(=O)N[C@H](C)C(=O)N(C)[C@@H](CC(C)C)C(=O)N(C)[C@@H](CC(C)C)C(=O)N(C)[C@@H](C(C)C)C(=O)N(C)[C@@H]([C@H](O)[C@H](C)CCC(C)=O)C(=O)N[C@@H](CC)C(=O)N1C.[CH3-].[W+2].[Y]. The van der Waals surface area contributed by atoms with E-state index in [0.717, 1.165) is 20.6 Å². The van der Waals surface area contributed by atoms with Gasteiger partial charge in [0, 0.05) is 88.5 Å². The monoisotopic (exact) mass is 1520 g/mol. The Morgan fingerprint density at radius 1 is 0.511 bits per heavy atom. The molecule has 0 spiro atoms. The topological polar surface area (TPSA) is 296 Å². The van der Waals surface area contributed by atoms with Crippen LogP contribution in [0.15, 0.2) is 0 Å². The van der Waals surface area contributed by atoms with Crippen LogP contribution in [0.3, 0.4) is 0 Å². The summed E-state index contributed by atoms with van der Waals surface area (Å²) < 4.78 is 0. The van der Waals surface area contributed by atoms with Crippen molar-refractivity contribution in [1.29, 1.82) is 0 Å². The molecule has 90 heavy (non-hydrogen) atoms. The number of hydrogen-bond acceptors (Lipinski definition) is 13. The van der Waals surface area contributed by atoms with E-state index in [1.165, 1.54) is 89.7 Å². The number of Topliss-reactive ketones (excluding diaryl/α,β-unsaturated/α-hetero) is 1. The number of carbonyl (C=O) groups excluding carboxylic acids is 12. The van der Waals surface area contributed by atoms with Gasteiger partial charge in [-0.1, -0.05) is 83.1 Å². The van der Waals surface area contributed by atoms with Gasteiger partial charge in [-0.25, -0.2) is 0 Å². The van der Waals surface area contributed by atoms with Crippen LogP contribution in [0.2, 0.25) is 0 Å². The fraction of sp³-hybridized carbons (Fsp3) is 0.766. The second-order valence-corrected chi connectivity index (χ2v) is 26.5. The molecule has 1 heterocycles. The molecule has 13 atom stereocenters. The number of aliphatic hydroxyl groups excluding tert-OH is 1. The normalized spacial score (nSPS) is 26.4. The molecule has 1 rings (SSSR count). The summed E-state index contributed by atoms with van der Waals surface area (Å²) in [5.74, 6) is -9.95. The molecule has 5 N–H and O–H groups in total. The number of nitrogens with one attached hydrogen (secondary N) is 4. The number of likely N-dealkylation sites (N-methyl/N-ethyl adjacent to an activating group) is 7. The minimum absolute atomic E-state index is 0. The van der Waals surface area contributed by atoms with Crippen molar-refractivity contribution in [3.63, 3.8) is 0 Å². The molecule has 1 aliphatic rings. The second-order valence-electron chi connectivity index (χ2n) is 26.5. The van der Waals surface area contributed by atoms with Gasteiger partial charge < -0.3 is 85.7 Å². The summed E-state index contributed by atoms with van der Waals surface area (Å²) in [5, 5.41) is 23.0. The summed E-state index contributed by atoms with van der Waals surface area (Å²) >= 11 is 0. The largest absolute Gasteiger partial charge is 2.00 e. The fourth-order valence-electron chi connectivity index (χ4n) is 10.8. The number of amides is 11. The molecule has 26 heteroatoms. The molecule has 0 aromatic rings. The molecular formula is C64H114N11O13WY-. The molecule has 0 aromatic heterocycles. The van der Waals surface area contributed by atoms with E-state index in [2.05, 4.69) is 28.2 Å². The summed E-state index contributed by atoms with van der Waals surface area (Å²) in [6, 6.07) is -14.4. The molecule has 1 radical (unpaired) electrons. The van der Waals surface area contributed by atoms with Crippen LogP contribution in [0.1, 0.15) is 163 Å². The molecule has 1 saturated heterocycles. The molecule has 24 nitrogen and oxygen atoms in total. The van der Waals surface area contributed by atoms with E-state index in [4.69, 9.17) is 0 Å². The Bertz CT molecular complexity index is 2410. The standard InChI is InChI=1S/C63H111N11O13.CH3.W.Y/c1-26-44-59(83)68(19)43(18)58(82)69(20)46(30-34(4)5)55(79)67-49(37(10)11)62(86)70(21)45(29-33(2)3)54(78)64-41(16)53(77)65-42(17)57(81)71(22)47(31-35(6)7)60(84)72(23)48(32-36(8)9)61(85)73(24)50(38(12)13)63(87)74(25)51(56(80)66-44)52(76)39(14)27-28-40(15)75;;;/h33,35-39,41-52,76H,18,26-32H2,1-17,19-25H3,(H,64,78)(H,65,77)(H,66,80)(H,67,79);1H3;;/q-2;-1;+2;/t39-,41+,42-,43-,44+,45+,46+,47+,48+,49+,50+,51+,52-;;;/m1.../s1. The van der Waals surface area contributed by atoms with Crippen LogP contribution in [0.25, 0.3) is 0 Å². The third-order valence-corrected chi connectivity index (χ3v) is 16.5. The number of ketones is 1. The van der Waals surface area contributed by atoms with Gasteiger partial charge in [0.25, 0.3) is 0 Å². The van der Waals surface area contributed by atoms with E-state index in [1.807, 2.05) is 41.5 Å². The predicted octanol–water partition coefficient (Wildman–Crippen LogP) is 3.28. The molecule has 0 unspecified atom stereocenters. The molecule has 1 aliphatic heterocycles. The van der Waals surface area contributed by atoms with E-state index < -0.39 is 155 Å². The maximum absolute atomic E-state index is 15.2. The van der Waals surface area contributed by atoms with Crippen LogP contribution < -0.4 is 21.3 Å². The third-order valence-electron chi connectivity index (χ3n) is 16.5. The fourth-order valence-corrected chi connectivity index (χ4v) is 10.8. The summed E-state index contributed by atoms with van der Waals surface area (Å²) in [5.41, 5.74) is 0. The van der Waals surface area contributed by atoms with E-state index in [9.17, 15) is 53.1 Å². The van der Waals surface area contributed by atoms with Gasteiger partial charge in [0.1, 0.15) is 60.2 Å².